The van der Waals surface area contributed by atoms with Crippen LogP contribution in [0.2, 0.25) is 0 Å². The number of benzene rings is 1. The summed E-state index contributed by atoms with van der Waals surface area (Å²) < 4.78 is 6.41. The van der Waals surface area contributed by atoms with Crippen molar-refractivity contribution >= 4 is 21.9 Å². The predicted molar refractivity (Wildman–Crippen MR) is 71.4 cm³/mol. The second-order valence-electron chi connectivity index (χ2n) is 3.95. The molecule has 0 amide bonds. The van der Waals surface area contributed by atoms with Crippen LogP contribution in [0.5, 0.6) is 0 Å². The summed E-state index contributed by atoms with van der Waals surface area (Å²) in [6.07, 6.45) is 0. The van der Waals surface area contributed by atoms with Crippen molar-refractivity contribution in [3.63, 3.8) is 0 Å². The minimum atomic E-state index is -0.923. The molecular weight excluding hydrogens is 314 g/mol. The van der Waals surface area contributed by atoms with E-state index in [1.54, 1.807) is 6.92 Å². The normalized spacial score (nSPS) is 12.3. The molecule has 0 aliphatic carbocycles. The second-order valence-corrected chi connectivity index (χ2v) is 4.86. The molecule has 0 saturated heterocycles. The molecule has 0 radical (unpaired) electrons. The van der Waals surface area contributed by atoms with Crippen LogP contribution in [-0.2, 0) is 11.3 Å². The van der Waals surface area contributed by atoms with Crippen LogP contribution in [0.3, 0.4) is 0 Å². The van der Waals surface area contributed by atoms with Gasteiger partial charge in [0.05, 0.1) is 6.54 Å². The van der Waals surface area contributed by atoms with Gasteiger partial charge in [-0.1, -0.05) is 15.9 Å². The zero-order chi connectivity index (χ0) is 13.8. The lowest BCUT2D eigenvalue weighted by atomic mass is 10.2. The van der Waals surface area contributed by atoms with Gasteiger partial charge in [0.25, 0.3) is 0 Å². The van der Waals surface area contributed by atoms with Crippen LogP contribution in [0.1, 0.15) is 12.8 Å². The number of carboxylic acid groups (broad SMARTS) is 1. The molecule has 2 rings (SSSR count). The van der Waals surface area contributed by atoms with Gasteiger partial charge in [0.15, 0.2) is 0 Å². The van der Waals surface area contributed by atoms with E-state index in [1.165, 1.54) is 0 Å². The molecule has 0 saturated carbocycles. The van der Waals surface area contributed by atoms with Crippen molar-refractivity contribution in [1.82, 2.24) is 15.5 Å². The summed E-state index contributed by atoms with van der Waals surface area (Å²) in [5, 5.41) is 19.3. The van der Waals surface area contributed by atoms with Gasteiger partial charge >= 0.3 is 5.97 Å². The zero-order valence-electron chi connectivity index (χ0n) is 10.1. The third-order valence-electron chi connectivity index (χ3n) is 2.49. The number of nitrogens with one attached hydrogen (secondary N) is 1. The number of aromatic nitrogens is 2. The molecule has 0 fully saturated rings. The standard InChI is InChI=1S/C12H12BrN3O3/c1-7(12(17)18)14-6-10-15-16-11(19-10)8-2-4-9(13)5-3-8/h2-5,7,14H,6H2,1H3,(H,17,18)/t7-/m0/s1. The molecule has 100 valence electrons. The van der Waals surface area contributed by atoms with Crippen molar-refractivity contribution in [3.05, 3.63) is 34.6 Å². The Balaban J connectivity index is 2.03. The third kappa shape index (κ3) is 3.62. The summed E-state index contributed by atoms with van der Waals surface area (Å²) in [7, 11) is 0. The molecule has 0 spiro atoms. The maximum atomic E-state index is 10.6. The van der Waals surface area contributed by atoms with Gasteiger partial charge in [-0.2, -0.15) is 0 Å². The van der Waals surface area contributed by atoms with E-state index in [-0.39, 0.29) is 6.54 Å². The summed E-state index contributed by atoms with van der Waals surface area (Å²) in [6.45, 7) is 1.77. The Kier molecular flexibility index (Phi) is 4.28. The van der Waals surface area contributed by atoms with Crippen LogP contribution in [0.15, 0.2) is 33.2 Å². The summed E-state index contributed by atoms with van der Waals surface area (Å²) in [5.41, 5.74) is 0.813. The lowest BCUT2D eigenvalue weighted by Crippen LogP contribution is -2.33. The SMILES string of the molecule is C[C@H](NCc1nnc(-c2ccc(Br)cc2)o1)C(=O)O. The number of hydrogen-bond acceptors (Lipinski definition) is 5. The summed E-state index contributed by atoms with van der Waals surface area (Å²) in [4.78, 5) is 10.6. The summed E-state index contributed by atoms with van der Waals surface area (Å²) >= 11 is 3.35. The Bertz CT molecular complexity index is 568. The number of carboxylic acids is 1. The third-order valence-corrected chi connectivity index (χ3v) is 3.02. The fourth-order valence-corrected chi connectivity index (χ4v) is 1.63. The van der Waals surface area contributed by atoms with Gasteiger partial charge in [-0.05, 0) is 31.2 Å². The number of carbonyl (C=O) groups is 1. The average Bonchev–Trinajstić information content (AvgIpc) is 2.85. The van der Waals surface area contributed by atoms with Crippen molar-refractivity contribution < 1.29 is 14.3 Å². The minimum absolute atomic E-state index is 0.219. The maximum Gasteiger partial charge on any atom is 0.320 e. The van der Waals surface area contributed by atoms with E-state index in [9.17, 15) is 4.79 Å². The van der Waals surface area contributed by atoms with Crippen LogP contribution < -0.4 is 5.32 Å². The first-order chi connectivity index (χ1) is 9.06. The van der Waals surface area contributed by atoms with E-state index in [2.05, 4.69) is 31.4 Å². The molecule has 1 aromatic carbocycles. The van der Waals surface area contributed by atoms with E-state index in [0.29, 0.717) is 11.8 Å². The molecule has 1 aromatic heterocycles. The van der Waals surface area contributed by atoms with Crippen LogP contribution in [-0.4, -0.2) is 27.3 Å². The number of rotatable bonds is 5. The molecule has 2 aromatic rings. The van der Waals surface area contributed by atoms with E-state index >= 15 is 0 Å². The molecule has 0 bridgehead atoms. The summed E-state index contributed by atoms with van der Waals surface area (Å²) in [5.74, 6) is -0.161. The molecule has 1 atom stereocenters. The molecule has 6 nitrogen and oxygen atoms in total. The minimum Gasteiger partial charge on any atom is -0.480 e. The van der Waals surface area contributed by atoms with Gasteiger partial charge in [-0.15, -0.1) is 10.2 Å². The first kappa shape index (κ1) is 13.7. The lowest BCUT2D eigenvalue weighted by molar-refractivity contribution is -0.139. The second kappa shape index (κ2) is 5.94. The van der Waals surface area contributed by atoms with E-state index in [4.69, 9.17) is 9.52 Å². The lowest BCUT2D eigenvalue weighted by Gasteiger charge is -2.05. The highest BCUT2D eigenvalue weighted by atomic mass is 79.9. The predicted octanol–water partition coefficient (Wildman–Crippen LogP) is 2.06. The Morgan fingerprint density at radius 2 is 2.11 bits per heavy atom. The van der Waals surface area contributed by atoms with Crippen LogP contribution in [0, 0.1) is 0 Å². The van der Waals surface area contributed by atoms with Crippen LogP contribution in [0.4, 0.5) is 0 Å². The highest BCUT2D eigenvalue weighted by Gasteiger charge is 2.13. The van der Waals surface area contributed by atoms with Gasteiger partial charge in [0, 0.05) is 10.0 Å². The first-order valence-electron chi connectivity index (χ1n) is 5.61. The Hall–Kier alpha value is -1.73. The largest absolute Gasteiger partial charge is 0.480 e. The fraction of sp³-hybridized carbons (Fsp3) is 0.250. The molecule has 0 aliphatic heterocycles. The fourth-order valence-electron chi connectivity index (χ4n) is 1.36. The topological polar surface area (TPSA) is 88.3 Å². The van der Waals surface area contributed by atoms with Crippen molar-refractivity contribution in [2.45, 2.75) is 19.5 Å². The first-order valence-corrected chi connectivity index (χ1v) is 6.40. The molecule has 1 heterocycles. The van der Waals surface area contributed by atoms with Crippen molar-refractivity contribution in [1.29, 1.82) is 0 Å². The Morgan fingerprint density at radius 1 is 1.42 bits per heavy atom. The van der Waals surface area contributed by atoms with Gasteiger partial charge in [-0.25, -0.2) is 0 Å². The number of hydrogen-bond donors (Lipinski definition) is 2. The van der Waals surface area contributed by atoms with E-state index in [0.717, 1.165) is 10.0 Å². The van der Waals surface area contributed by atoms with Gasteiger partial charge < -0.3 is 9.52 Å². The van der Waals surface area contributed by atoms with Crippen LogP contribution in [0.25, 0.3) is 11.5 Å². The van der Waals surface area contributed by atoms with Gasteiger partial charge in [0.1, 0.15) is 6.04 Å². The van der Waals surface area contributed by atoms with Crippen molar-refractivity contribution in [2.24, 2.45) is 0 Å². The maximum absolute atomic E-state index is 10.6. The zero-order valence-corrected chi connectivity index (χ0v) is 11.7. The highest BCUT2D eigenvalue weighted by Crippen LogP contribution is 2.20. The number of nitrogens with zero attached hydrogens (tertiary/aromatic N) is 2. The van der Waals surface area contributed by atoms with Gasteiger partial charge in [-0.3, -0.25) is 10.1 Å². The molecule has 2 N–H and O–H groups in total. The Morgan fingerprint density at radius 3 is 2.74 bits per heavy atom. The average molecular weight is 326 g/mol. The van der Waals surface area contributed by atoms with E-state index in [1.807, 2.05) is 24.3 Å². The monoisotopic (exact) mass is 325 g/mol. The van der Waals surface area contributed by atoms with E-state index < -0.39 is 12.0 Å². The van der Waals surface area contributed by atoms with Crippen LogP contribution >= 0.6 is 15.9 Å². The number of aliphatic carboxylic acids is 1. The van der Waals surface area contributed by atoms with Crippen molar-refractivity contribution in [2.75, 3.05) is 0 Å². The molecule has 19 heavy (non-hydrogen) atoms. The molecule has 7 heteroatoms. The van der Waals surface area contributed by atoms with Crippen molar-refractivity contribution in [3.8, 4) is 11.5 Å². The summed E-state index contributed by atoms with van der Waals surface area (Å²) in [6, 6.07) is 6.81. The molecule has 0 aliphatic rings. The van der Waals surface area contributed by atoms with Gasteiger partial charge in [0.2, 0.25) is 11.8 Å². The smallest absolute Gasteiger partial charge is 0.320 e. The Labute approximate surface area is 118 Å². The molecular formula is C12H12BrN3O3. The number of halogens is 1. The quantitative estimate of drug-likeness (QED) is 0.874. The highest BCUT2D eigenvalue weighted by molar-refractivity contribution is 9.10. The molecule has 0 unspecified atom stereocenters.